The molecule has 2 rings (SSSR count). The Labute approximate surface area is 92.1 Å². The van der Waals surface area contributed by atoms with Crippen molar-refractivity contribution in [3.05, 3.63) is 29.3 Å². The summed E-state index contributed by atoms with van der Waals surface area (Å²) in [5.41, 5.74) is 2.47. The van der Waals surface area contributed by atoms with Crippen LogP contribution in [0.15, 0.2) is 18.2 Å². The highest BCUT2D eigenvalue weighted by Gasteiger charge is 2.14. The van der Waals surface area contributed by atoms with E-state index in [0.29, 0.717) is 5.75 Å². The minimum Gasteiger partial charge on any atom is -0.508 e. The van der Waals surface area contributed by atoms with Crippen molar-refractivity contribution in [2.24, 2.45) is 5.92 Å². The first-order chi connectivity index (χ1) is 7.24. The van der Waals surface area contributed by atoms with Crippen molar-refractivity contribution in [1.82, 2.24) is 0 Å². The van der Waals surface area contributed by atoms with Crippen molar-refractivity contribution < 1.29 is 5.11 Å². The molecule has 1 nitrogen and oxygen atoms in total. The molecule has 0 atom stereocenters. The van der Waals surface area contributed by atoms with E-state index in [4.69, 9.17) is 0 Å². The number of aryl methyl sites for hydroxylation is 1. The molecule has 1 saturated carbocycles. The van der Waals surface area contributed by atoms with Crippen LogP contribution >= 0.6 is 0 Å². The molecule has 1 heteroatoms. The summed E-state index contributed by atoms with van der Waals surface area (Å²) in [6.07, 6.45) is 8.08. The lowest BCUT2D eigenvalue weighted by molar-refractivity contribution is 0.356. The number of hydrogen-bond donors (Lipinski definition) is 1. The Morgan fingerprint density at radius 2 is 1.87 bits per heavy atom. The maximum absolute atomic E-state index is 9.52. The van der Waals surface area contributed by atoms with E-state index in [1.165, 1.54) is 43.2 Å². The summed E-state index contributed by atoms with van der Waals surface area (Å²) in [7, 11) is 0. The van der Waals surface area contributed by atoms with Gasteiger partial charge in [0, 0.05) is 0 Å². The summed E-state index contributed by atoms with van der Waals surface area (Å²) < 4.78 is 0. The topological polar surface area (TPSA) is 20.2 Å². The average molecular weight is 204 g/mol. The smallest absolute Gasteiger partial charge is 0.116 e. The first-order valence-electron chi connectivity index (χ1n) is 6.03. The summed E-state index contributed by atoms with van der Waals surface area (Å²) in [6.45, 7) is 2.05. The quantitative estimate of drug-likeness (QED) is 0.776. The summed E-state index contributed by atoms with van der Waals surface area (Å²) in [4.78, 5) is 0. The molecule has 1 aliphatic rings. The van der Waals surface area contributed by atoms with Crippen LogP contribution in [0.4, 0.5) is 0 Å². The average Bonchev–Trinajstić information content (AvgIpc) is 2.17. The fourth-order valence-corrected chi connectivity index (χ4v) is 2.68. The maximum atomic E-state index is 9.52. The Morgan fingerprint density at radius 1 is 1.13 bits per heavy atom. The Hall–Kier alpha value is -0.980. The summed E-state index contributed by atoms with van der Waals surface area (Å²) in [6, 6.07) is 5.94. The zero-order valence-corrected chi connectivity index (χ0v) is 9.50. The van der Waals surface area contributed by atoms with Gasteiger partial charge in [-0.3, -0.25) is 0 Å². The monoisotopic (exact) mass is 204 g/mol. The zero-order valence-electron chi connectivity index (χ0n) is 9.50. The normalized spacial score (nSPS) is 17.9. The van der Waals surface area contributed by atoms with E-state index in [9.17, 15) is 5.11 Å². The molecule has 0 heterocycles. The summed E-state index contributed by atoms with van der Waals surface area (Å²) in [5, 5.41) is 9.52. The zero-order chi connectivity index (χ0) is 10.7. The van der Waals surface area contributed by atoms with Gasteiger partial charge in [0.1, 0.15) is 5.75 Å². The third-order valence-corrected chi connectivity index (χ3v) is 3.37. The molecule has 15 heavy (non-hydrogen) atoms. The molecule has 1 aromatic carbocycles. The molecule has 1 fully saturated rings. The molecular weight excluding hydrogens is 184 g/mol. The molecule has 82 valence electrons. The molecule has 0 aliphatic heterocycles. The molecule has 0 radical (unpaired) electrons. The molecule has 0 saturated heterocycles. The first-order valence-corrected chi connectivity index (χ1v) is 6.03. The van der Waals surface area contributed by atoms with E-state index in [1.54, 1.807) is 0 Å². The number of aromatic hydroxyl groups is 1. The molecular formula is C14H20O. The number of rotatable bonds is 2. The second-order valence-corrected chi connectivity index (χ2v) is 4.88. The van der Waals surface area contributed by atoms with E-state index >= 15 is 0 Å². The van der Waals surface area contributed by atoms with E-state index in [0.717, 1.165) is 12.3 Å². The Balaban J connectivity index is 2.02. The molecule has 1 aromatic rings. The van der Waals surface area contributed by atoms with Crippen LogP contribution in [0.2, 0.25) is 0 Å². The maximum Gasteiger partial charge on any atom is 0.116 e. The first kappa shape index (κ1) is 10.5. The van der Waals surface area contributed by atoms with Crippen LogP contribution in [-0.4, -0.2) is 5.11 Å². The number of phenolic OH excluding ortho intramolecular Hbond substituents is 1. The number of phenols is 1. The molecule has 0 amide bonds. The minimum absolute atomic E-state index is 0.417. The molecule has 1 N–H and O–H groups in total. The van der Waals surface area contributed by atoms with Crippen molar-refractivity contribution in [2.45, 2.75) is 45.4 Å². The van der Waals surface area contributed by atoms with Crippen LogP contribution < -0.4 is 0 Å². The summed E-state index contributed by atoms with van der Waals surface area (Å²) in [5.74, 6) is 1.26. The number of hydrogen-bond acceptors (Lipinski definition) is 1. The van der Waals surface area contributed by atoms with Gasteiger partial charge >= 0.3 is 0 Å². The highest BCUT2D eigenvalue weighted by Crippen LogP contribution is 2.28. The predicted molar refractivity (Wildman–Crippen MR) is 63.1 cm³/mol. The molecule has 0 bridgehead atoms. The van der Waals surface area contributed by atoms with Gasteiger partial charge < -0.3 is 5.11 Å². The van der Waals surface area contributed by atoms with Crippen LogP contribution in [-0.2, 0) is 6.42 Å². The van der Waals surface area contributed by atoms with Gasteiger partial charge in [-0.15, -0.1) is 0 Å². The number of benzene rings is 1. The van der Waals surface area contributed by atoms with Crippen LogP contribution in [0.3, 0.4) is 0 Å². The van der Waals surface area contributed by atoms with E-state index in [-0.39, 0.29) is 0 Å². The Bertz CT molecular complexity index is 304. The lowest BCUT2D eigenvalue weighted by Crippen LogP contribution is -2.09. The van der Waals surface area contributed by atoms with Crippen molar-refractivity contribution in [1.29, 1.82) is 0 Å². The van der Waals surface area contributed by atoms with Crippen molar-refractivity contribution >= 4 is 0 Å². The van der Waals surface area contributed by atoms with Gasteiger partial charge in [0.15, 0.2) is 0 Å². The lowest BCUT2D eigenvalue weighted by atomic mass is 9.84. The highest BCUT2D eigenvalue weighted by atomic mass is 16.3. The van der Waals surface area contributed by atoms with Crippen LogP contribution in [0, 0.1) is 12.8 Å². The SMILES string of the molecule is Cc1cc(O)cc(CC2CCCCC2)c1. The lowest BCUT2D eigenvalue weighted by Gasteiger charge is -2.21. The third-order valence-electron chi connectivity index (χ3n) is 3.37. The fraction of sp³-hybridized carbons (Fsp3) is 0.571. The van der Waals surface area contributed by atoms with Crippen molar-refractivity contribution in [3.8, 4) is 5.75 Å². The second kappa shape index (κ2) is 4.69. The second-order valence-electron chi connectivity index (χ2n) is 4.88. The predicted octanol–water partition coefficient (Wildman–Crippen LogP) is 3.82. The molecule has 0 spiro atoms. The van der Waals surface area contributed by atoms with Crippen molar-refractivity contribution in [2.75, 3.05) is 0 Å². The third kappa shape index (κ3) is 2.98. The van der Waals surface area contributed by atoms with Gasteiger partial charge in [-0.25, -0.2) is 0 Å². The van der Waals surface area contributed by atoms with E-state index in [1.807, 2.05) is 19.1 Å². The molecule has 1 aliphatic carbocycles. The fourth-order valence-electron chi connectivity index (χ4n) is 2.68. The van der Waals surface area contributed by atoms with Gasteiger partial charge in [-0.2, -0.15) is 0 Å². The highest BCUT2D eigenvalue weighted by molar-refractivity contribution is 5.32. The standard InChI is InChI=1S/C14H20O/c1-11-7-13(10-14(15)8-11)9-12-5-3-2-4-6-12/h7-8,10,12,15H,2-6,9H2,1H3. The van der Waals surface area contributed by atoms with Crippen molar-refractivity contribution in [3.63, 3.8) is 0 Å². The van der Waals surface area contributed by atoms with E-state index < -0.39 is 0 Å². The van der Waals surface area contributed by atoms with Gasteiger partial charge in [0.2, 0.25) is 0 Å². The van der Waals surface area contributed by atoms with E-state index in [2.05, 4.69) is 6.07 Å². The van der Waals surface area contributed by atoms with Gasteiger partial charge in [0.25, 0.3) is 0 Å². The van der Waals surface area contributed by atoms with Gasteiger partial charge in [0.05, 0.1) is 0 Å². The van der Waals surface area contributed by atoms with Gasteiger partial charge in [-0.05, 0) is 42.5 Å². The largest absolute Gasteiger partial charge is 0.508 e. The van der Waals surface area contributed by atoms with Crippen LogP contribution in [0.25, 0.3) is 0 Å². The Morgan fingerprint density at radius 3 is 2.53 bits per heavy atom. The molecule has 0 aromatic heterocycles. The summed E-state index contributed by atoms with van der Waals surface area (Å²) >= 11 is 0. The van der Waals surface area contributed by atoms with Crippen LogP contribution in [0.5, 0.6) is 5.75 Å². The van der Waals surface area contributed by atoms with Crippen LogP contribution in [0.1, 0.15) is 43.2 Å². The molecule has 0 unspecified atom stereocenters. The Kier molecular flexibility index (Phi) is 3.30. The van der Waals surface area contributed by atoms with Gasteiger partial charge in [-0.1, -0.05) is 38.2 Å². The minimum atomic E-state index is 0.417.